The number of aliphatic hydroxyl groups is 1. The van der Waals surface area contributed by atoms with Crippen LogP contribution in [0.3, 0.4) is 0 Å². The summed E-state index contributed by atoms with van der Waals surface area (Å²) in [7, 11) is 0. The summed E-state index contributed by atoms with van der Waals surface area (Å²) in [5.74, 6) is -0.456. The van der Waals surface area contributed by atoms with Crippen LogP contribution in [-0.4, -0.2) is 21.7 Å². The number of hydrogen-bond donors (Lipinski definition) is 1. The fraction of sp³-hybridized carbons (Fsp3) is 0.125. The number of benzene rings is 2. The minimum Gasteiger partial charge on any atom is -0.511 e. The summed E-state index contributed by atoms with van der Waals surface area (Å²) in [5.41, 5.74) is 3.19. The number of amides is 1. The number of carbonyl (C=O) groups is 1. The Hall–Kier alpha value is -3.15. The van der Waals surface area contributed by atoms with Gasteiger partial charge in [-0.3, -0.25) is 9.18 Å². The molecule has 4 rings (SSSR count). The maximum Gasteiger partial charge on any atom is 0.284 e. The van der Waals surface area contributed by atoms with Gasteiger partial charge in [0.15, 0.2) is 0 Å². The van der Waals surface area contributed by atoms with Crippen molar-refractivity contribution in [2.45, 2.75) is 20.3 Å². The molecule has 0 saturated heterocycles. The molecule has 0 fully saturated rings. The molecule has 1 radical (unpaired) electrons. The van der Waals surface area contributed by atoms with E-state index in [-0.39, 0.29) is 37.6 Å². The molecule has 161 valence electrons. The Balaban J connectivity index is 0.000000220. The molecule has 0 unspecified atom stereocenters. The van der Waals surface area contributed by atoms with Crippen LogP contribution in [0.25, 0.3) is 11.3 Å². The van der Waals surface area contributed by atoms with Crippen LogP contribution in [0, 0.1) is 11.9 Å². The van der Waals surface area contributed by atoms with Crippen molar-refractivity contribution in [1.29, 1.82) is 0 Å². The SMILES string of the molecule is CC/C(O)=C1/C(=O)N(c2ccccc2)N=C1C.Fc1c[c-]c(-c2ccccn2)cc1.[Ir]. The molecule has 2 aromatic carbocycles. The fourth-order valence-electron chi connectivity index (χ4n) is 2.85. The van der Waals surface area contributed by atoms with E-state index in [1.807, 2.05) is 36.4 Å². The number of carbonyl (C=O) groups excluding carboxylic acids is 1. The standard InChI is InChI=1S/C13H14N2O2.C11H7FN.Ir/c1-3-11(16)12-9(2)14-15(13(12)17)10-7-5-4-6-8-10;12-10-6-4-9(5-7-10)11-3-1-2-8-13-11;/h4-8,16H,3H2,1-2H3;1-4,6-8H;/q;-1;/b12-11-;;. The van der Waals surface area contributed by atoms with Crippen LogP contribution in [0.4, 0.5) is 10.1 Å². The Kier molecular flexibility index (Phi) is 8.79. The summed E-state index contributed by atoms with van der Waals surface area (Å²) in [6, 6.07) is 22.0. The van der Waals surface area contributed by atoms with Gasteiger partial charge in [0.2, 0.25) is 0 Å². The molecule has 5 nitrogen and oxygen atoms in total. The number of anilines is 1. The summed E-state index contributed by atoms with van der Waals surface area (Å²) < 4.78 is 12.6. The molecule has 1 aliphatic rings. The van der Waals surface area contributed by atoms with Crippen molar-refractivity contribution in [2.24, 2.45) is 5.10 Å². The Bertz CT molecular complexity index is 1070. The van der Waals surface area contributed by atoms with Crippen molar-refractivity contribution >= 4 is 17.3 Å². The number of pyridine rings is 1. The molecule has 0 saturated carbocycles. The Labute approximate surface area is 194 Å². The van der Waals surface area contributed by atoms with Crippen LogP contribution in [0.1, 0.15) is 20.3 Å². The van der Waals surface area contributed by atoms with Gasteiger partial charge >= 0.3 is 0 Å². The van der Waals surface area contributed by atoms with Crippen LogP contribution in [0.5, 0.6) is 0 Å². The molecule has 1 amide bonds. The fourth-order valence-corrected chi connectivity index (χ4v) is 2.85. The molecule has 0 atom stereocenters. The van der Waals surface area contributed by atoms with Gasteiger partial charge in [0.1, 0.15) is 11.3 Å². The quantitative estimate of drug-likeness (QED) is 0.254. The number of para-hydroxylation sites is 1. The summed E-state index contributed by atoms with van der Waals surface area (Å²) in [6.45, 7) is 3.52. The topological polar surface area (TPSA) is 65.8 Å². The summed E-state index contributed by atoms with van der Waals surface area (Å²) >= 11 is 0. The molecule has 3 aromatic rings. The number of halogens is 1. The summed E-state index contributed by atoms with van der Waals surface area (Å²) in [6.07, 6.45) is 2.13. The number of rotatable bonds is 3. The molecule has 1 aliphatic heterocycles. The van der Waals surface area contributed by atoms with Gasteiger partial charge in [-0.1, -0.05) is 37.3 Å². The average Bonchev–Trinajstić information content (AvgIpc) is 3.09. The van der Waals surface area contributed by atoms with Crippen molar-refractivity contribution in [2.75, 3.05) is 5.01 Å². The third-order valence-electron chi connectivity index (χ3n) is 4.36. The van der Waals surface area contributed by atoms with Crippen molar-refractivity contribution in [3.8, 4) is 11.3 Å². The smallest absolute Gasteiger partial charge is 0.284 e. The summed E-state index contributed by atoms with van der Waals surface area (Å²) in [5, 5.41) is 15.2. The second-order valence-corrected chi connectivity index (χ2v) is 6.45. The average molecular weight is 595 g/mol. The van der Waals surface area contributed by atoms with E-state index in [9.17, 15) is 14.3 Å². The number of allylic oxidation sites excluding steroid dienone is 1. The first kappa shape index (κ1) is 24.1. The van der Waals surface area contributed by atoms with Gasteiger partial charge < -0.3 is 10.1 Å². The van der Waals surface area contributed by atoms with Gasteiger partial charge in [-0.15, -0.1) is 29.8 Å². The van der Waals surface area contributed by atoms with E-state index in [0.717, 1.165) is 11.3 Å². The van der Waals surface area contributed by atoms with Crippen LogP contribution < -0.4 is 5.01 Å². The Morgan fingerprint density at radius 1 is 1.10 bits per heavy atom. The largest absolute Gasteiger partial charge is 0.511 e. The molecular formula is C24H21FIrN3O2-. The minimum absolute atomic E-state index is 0. The Morgan fingerprint density at radius 3 is 2.39 bits per heavy atom. The van der Waals surface area contributed by atoms with Gasteiger partial charge in [0, 0.05) is 38.5 Å². The molecule has 2 heterocycles. The molecule has 7 heteroatoms. The van der Waals surface area contributed by atoms with Crippen LogP contribution in [0.2, 0.25) is 0 Å². The van der Waals surface area contributed by atoms with Gasteiger partial charge in [-0.25, -0.2) is 0 Å². The van der Waals surface area contributed by atoms with E-state index in [1.54, 1.807) is 38.2 Å². The predicted molar refractivity (Wildman–Crippen MR) is 115 cm³/mol. The zero-order valence-electron chi connectivity index (χ0n) is 17.0. The monoisotopic (exact) mass is 595 g/mol. The first-order valence-corrected chi connectivity index (χ1v) is 9.47. The van der Waals surface area contributed by atoms with E-state index in [0.29, 0.717) is 23.4 Å². The van der Waals surface area contributed by atoms with Crippen LogP contribution >= 0.6 is 0 Å². The molecule has 0 spiro atoms. The van der Waals surface area contributed by atoms with Crippen molar-refractivity contribution in [1.82, 2.24) is 4.98 Å². The van der Waals surface area contributed by atoms with Gasteiger partial charge in [-0.05, 0) is 30.8 Å². The van der Waals surface area contributed by atoms with Gasteiger partial charge in [-0.2, -0.15) is 10.1 Å². The second-order valence-electron chi connectivity index (χ2n) is 6.45. The van der Waals surface area contributed by atoms with E-state index >= 15 is 0 Å². The van der Waals surface area contributed by atoms with E-state index in [4.69, 9.17) is 0 Å². The van der Waals surface area contributed by atoms with Gasteiger partial charge in [0.05, 0.1) is 11.4 Å². The van der Waals surface area contributed by atoms with Gasteiger partial charge in [0.25, 0.3) is 5.91 Å². The van der Waals surface area contributed by atoms with E-state index in [1.165, 1.54) is 17.1 Å². The molecule has 1 aromatic heterocycles. The van der Waals surface area contributed by atoms with Crippen molar-refractivity contribution < 1.29 is 34.4 Å². The number of nitrogens with zero attached hydrogens (tertiary/aromatic N) is 3. The maximum absolute atomic E-state index is 12.6. The Morgan fingerprint density at radius 2 is 1.81 bits per heavy atom. The second kappa shape index (κ2) is 11.3. The third kappa shape index (κ3) is 5.94. The zero-order chi connectivity index (χ0) is 21.5. The minimum atomic E-state index is -0.278. The molecule has 1 N–H and O–H groups in total. The molecule has 0 aliphatic carbocycles. The number of hydrazone groups is 1. The number of hydrogen-bond acceptors (Lipinski definition) is 4. The first-order chi connectivity index (χ1) is 14.5. The zero-order valence-corrected chi connectivity index (χ0v) is 19.4. The van der Waals surface area contributed by atoms with Crippen LogP contribution in [-0.2, 0) is 24.9 Å². The molecule has 31 heavy (non-hydrogen) atoms. The summed E-state index contributed by atoms with van der Waals surface area (Å²) in [4.78, 5) is 16.2. The van der Waals surface area contributed by atoms with Crippen molar-refractivity contribution in [3.05, 3.63) is 96.1 Å². The molecular weight excluding hydrogens is 573 g/mol. The molecule has 0 bridgehead atoms. The number of aliphatic hydroxyl groups excluding tert-OH is 1. The number of aromatic nitrogens is 1. The van der Waals surface area contributed by atoms with E-state index < -0.39 is 0 Å². The first-order valence-electron chi connectivity index (χ1n) is 9.47. The van der Waals surface area contributed by atoms with Crippen molar-refractivity contribution in [3.63, 3.8) is 0 Å². The van der Waals surface area contributed by atoms with E-state index in [2.05, 4.69) is 16.2 Å². The normalized spacial score (nSPS) is 14.2. The third-order valence-corrected chi connectivity index (χ3v) is 4.36. The maximum atomic E-state index is 12.6. The predicted octanol–water partition coefficient (Wildman–Crippen LogP) is 5.32. The van der Waals surface area contributed by atoms with Crippen LogP contribution in [0.15, 0.2) is 89.4 Å².